The Morgan fingerprint density at radius 2 is 2.44 bits per heavy atom. The molecule has 1 heterocycles. The summed E-state index contributed by atoms with van der Waals surface area (Å²) in [6.45, 7) is 0. The standard InChI is InChI=1S/C6H7ClN2/c7-6-3-8-4-9(6)5-1-2-5/h3-5H,1-2H2. The van der Waals surface area contributed by atoms with Gasteiger partial charge in [0.1, 0.15) is 5.15 Å². The van der Waals surface area contributed by atoms with Crippen LogP contribution in [-0.2, 0) is 0 Å². The SMILES string of the molecule is Clc1cncn1C1CC1. The van der Waals surface area contributed by atoms with E-state index in [1.807, 2.05) is 4.57 Å². The first-order valence-corrected chi connectivity index (χ1v) is 3.43. The molecule has 2 nitrogen and oxygen atoms in total. The molecule has 0 N–H and O–H groups in total. The van der Waals surface area contributed by atoms with Crippen LogP contribution in [0.5, 0.6) is 0 Å². The third-order valence-electron chi connectivity index (χ3n) is 1.56. The van der Waals surface area contributed by atoms with Gasteiger partial charge in [0, 0.05) is 6.04 Å². The molecule has 1 aliphatic carbocycles. The summed E-state index contributed by atoms with van der Waals surface area (Å²) < 4.78 is 2.02. The summed E-state index contributed by atoms with van der Waals surface area (Å²) in [7, 11) is 0. The number of aromatic nitrogens is 2. The van der Waals surface area contributed by atoms with Crippen LogP contribution < -0.4 is 0 Å². The maximum absolute atomic E-state index is 5.78. The van der Waals surface area contributed by atoms with Crippen molar-refractivity contribution in [3.8, 4) is 0 Å². The van der Waals surface area contributed by atoms with Gasteiger partial charge in [-0.25, -0.2) is 4.98 Å². The molecule has 0 saturated heterocycles. The lowest BCUT2D eigenvalue weighted by Crippen LogP contribution is -1.89. The van der Waals surface area contributed by atoms with Gasteiger partial charge in [-0.1, -0.05) is 11.6 Å². The maximum atomic E-state index is 5.78. The number of rotatable bonds is 1. The van der Waals surface area contributed by atoms with E-state index in [4.69, 9.17) is 11.6 Å². The van der Waals surface area contributed by atoms with Gasteiger partial charge in [-0.2, -0.15) is 0 Å². The summed E-state index contributed by atoms with van der Waals surface area (Å²) in [5.41, 5.74) is 0. The molecule has 1 aromatic rings. The molecule has 9 heavy (non-hydrogen) atoms. The zero-order chi connectivity index (χ0) is 6.27. The van der Waals surface area contributed by atoms with E-state index < -0.39 is 0 Å². The number of hydrogen-bond donors (Lipinski definition) is 0. The van der Waals surface area contributed by atoms with Crippen LogP contribution in [-0.4, -0.2) is 9.55 Å². The Morgan fingerprint density at radius 1 is 1.67 bits per heavy atom. The van der Waals surface area contributed by atoms with Gasteiger partial charge >= 0.3 is 0 Å². The quantitative estimate of drug-likeness (QED) is 0.586. The molecule has 0 spiro atoms. The maximum Gasteiger partial charge on any atom is 0.128 e. The predicted molar refractivity (Wildman–Crippen MR) is 35.5 cm³/mol. The van der Waals surface area contributed by atoms with Crippen LogP contribution in [0.1, 0.15) is 18.9 Å². The fourth-order valence-corrected chi connectivity index (χ4v) is 1.15. The minimum absolute atomic E-state index is 0.653. The third-order valence-corrected chi connectivity index (χ3v) is 1.85. The highest BCUT2D eigenvalue weighted by Gasteiger charge is 2.24. The lowest BCUT2D eigenvalue weighted by Gasteiger charge is -1.96. The van der Waals surface area contributed by atoms with E-state index in [1.165, 1.54) is 12.8 Å². The molecule has 3 heteroatoms. The van der Waals surface area contributed by atoms with Crippen molar-refractivity contribution in [2.45, 2.75) is 18.9 Å². The smallest absolute Gasteiger partial charge is 0.128 e. The van der Waals surface area contributed by atoms with E-state index in [-0.39, 0.29) is 0 Å². The first kappa shape index (κ1) is 5.30. The highest BCUT2D eigenvalue weighted by Crippen LogP contribution is 2.36. The van der Waals surface area contributed by atoms with E-state index in [2.05, 4.69) is 4.98 Å². The monoisotopic (exact) mass is 142 g/mol. The highest BCUT2D eigenvalue weighted by molar-refractivity contribution is 6.29. The molecule has 1 fully saturated rings. The number of imidazole rings is 1. The molecule has 0 unspecified atom stereocenters. The van der Waals surface area contributed by atoms with E-state index >= 15 is 0 Å². The molecular formula is C6H7ClN2. The summed E-state index contributed by atoms with van der Waals surface area (Å²) in [6.07, 6.45) is 5.99. The minimum Gasteiger partial charge on any atom is -0.319 e. The topological polar surface area (TPSA) is 17.8 Å². The van der Waals surface area contributed by atoms with Crippen molar-refractivity contribution in [1.29, 1.82) is 0 Å². The zero-order valence-electron chi connectivity index (χ0n) is 4.92. The number of nitrogens with zero attached hydrogens (tertiary/aromatic N) is 2. The Kier molecular flexibility index (Phi) is 1.02. The Morgan fingerprint density at radius 3 is 2.89 bits per heavy atom. The molecule has 0 amide bonds. The lowest BCUT2D eigenvalue weighted by atomic mass is 10.7. The van der Waals surface area contributed by atoms with Gasteiger partial charge in [0.05, 0.1) is 12.5 Å². The fourth-order valence-electron chi connectivity index (χ4n) is 0.910. The Labute approximate surface area is 58.5 Å². The van der Waals surface area contributed by atoms with Crippen molar-refractivity contribution >= 4 is 11.6 Å². The van der Waals surface area contributed by atoms with Crippen molar-refractivity contribution in [3.63, 3.8) is 0 Å². The zero-order valence-corrected chi connectivity index (χ0v) is 5.67. The van der Waals surface area contributed by atoms with E-state index in [9.17, 15) is 0 Å². The molecule has 1 aliphatic rings. The van der Waals surface area contributed by atoms with Crippen LogP contribution in [0.4, 0.5) is 0 Å². The number of halogens is 1. The average Bonchev–Trinajstić information content (AvgIpc) is 2.58. The summed E-state index contributed by atoms with van der Waals surface area (Å²) >= 11 is 5.78. The van der Waals surface area contributed by atoms with E-state index in [1.54, 1.807) is 12.5 Å². The van der Waals surface area contributed by atoms with Gasteiger partial charge in [-0.15, -0.1) is 0 Å². The van der Waals surface area contributed by atoms with Crippen LogP contribution in [0, 0.1) is 0 Å². The van der Waals surface area contributed by atoms with Gasteiger partial charge < -0.3 is 4.57 Å². The Balaban J connectivity index is 2.35. The third kappa shape index (κ3) is 0.833. The second kappa shape index (κ2) is 1.74. The second-order valence-electron chi connectivity index (χ2n) is 2.35. The lowest BCUT2D eigenvalue weighted by molar-refractivity contribution is 0.741. The fraction of sp³-hybridized carbons (Fsp3) is 0.500. The molecule has 1 aromatic heterocycles. The first-order valence-electron chi connectivity index (χ1n) is 3.05. The van der Waals surface area contributed by atoms with Gasteiger partial charge in [0.25, 0.3) is 0 Å². The summed E-state index contributed by atoms with van der Waals surface area (Å²) in [6, 6.07) is 0.653. The van der Waals surface area contributed by atoms with Crippen LogP contribution >= 0.6 is 11.6 Å². The van der Waals surface area contributed by atoms with Crippen molar-refractivity contribution in [2.75, 3.05) is 0 Å². The average molecular weight is 143 g/mol. The molecule has 48 valence electrons. The molecule has 0 atom stereocenters. The van der Waals surface area contributed by atoms with Crippen LogP contribution in [0.3, 0.4) is 0 Å². The molecule has 0 radical (unpaired) electrons. The summed E-state index contributed by atoms with van der Waals surface area (Å²) in [5.74, 6) is 0. The number of hydrogen-bond acceptors (Lipinski definition) is 1. The van der Waals surface area contributed by atoms with Crippen LogP contribution in [0.25, 0.3) is 0 Å². The highest BCUT2D eigenvalue weighted by atomic mass is 35.5. The Bertz CT molecular complexity index is 215. The van der Waals surface area contributed by atoms with Crippen LogP contribution in [0.15, 0.2) is 12.5 Å². The minimum atomic E-state index is 0.653. The predicted octanol–water partition coefficient (Wildman–Crippen LogP) is 1.87. The van der Waals surface area contributed by atoms with Gasteiger partial charge in [0.2, 0.25) is 0 Å². The normalized spacial score (nSPS) is 18.3. The van der Waals surface area contributed by atoms with Gasteiger partial charge in [0.15, 0.2) is 0 Å². The van der Waals surface area contributed by atoms with Gasteiger partial charge in [-0.05, 0) is 12.8 Å². The van der Waals surface area contributed by atoms with Crippen LogP contribution in [0.2, 0.25) is 5.15 Å². The van der Waals surface area contributed by atoms with E-state index in [0.29, 0.717) is 6.04 Å². The molecule has 1 saturated carbocycles. The molecule has 0 bridgehead atoms. The van der Waals surface area contributed by atoms with Crippen molar-refractivity contribution in [3.05, 3.63) is 17.7 Å². The summed E-state index contributed by atoms with van der Waals surface area (Å²) in [4.78, 5) is 3.91. The molecule has 0 aliphatic heterocycles. The van der Waals surface area contributed by atoms with Crippen molar-refractivity contribution in [2.24, 2.45) is 0 Å². The molecule has 0 aromatic carbocycles. The molecular weight excluding hydrogens is 136 g/mol. The largest absolute Gasteiger partial charge is 0.319 e. The van der Waals surface area contributed by atoms with Gasteiger partial charge in [-0.3, -0.25) is 0 Å². The Hall–Kier alpha value is -0.500. The summed E-state index contributed by atoms with van der Waals surface area (Å²) in [5, 5.41) is 0.762. The van der Waals surface area contributed by atoms with Crippen molar-refractivity contribution in [1.82, 2.24) is 9.55 Å². The first-order chi connectivity index (χ1) is 4.38. The van der Waals surface area contributed by atoms with Crippen molar-refractivity contribution < 1.29 is 0 Å². The molecule has 2 rings (SSSR count). The second-order valence-corrected chi connectivity index (χ2v) is 2.74. The van der Waals surface area contributed by atoms with E-state index in [0.717, 1.165) is 5.15 Å².